The van der Waals surface area contributed by atoms with Crippen molar-refractivity contribution in [1.29, 1.82) is 0 Å². The number of hydrogen-bond acceptors (Lipinski definition) is 2. The molecule has 1 aromatic carbocycles. The summed E-state index contributed by atoms with van der Waals surface area (Å²) in [6.45, 7) is 0.0500. The van der Waals surface area contributed by atoms with Crippen LogP contribution in [0.25, 0.3) is 0 Å². The molecule has 0 atom stereocenters. The van der Waals surface area contributed by atoms with Gasteiger partial charge >= 0.3 is 0 Å². The maximum Gasteiger partial charge on any atom is 0.257 e. The van der Waals surface area contributed by atoms with Gasteiger partial charge in [0.2, 0.25) is 0 Å². The van der Waals surface area contributed by atoms with Crippen LogP contribution in [0, 0.1) is 6.07 Å². The lowest BCUT2D eigenvalue weighted by molar-refractivity contribution is -0.122. The minimum Gasteiger partial charge on any atom is -0.484 e. The number of ether oxygens (including phenoxy) is 1. The lowest BCUT2D eigenvalue weighted by atomic mass is 10.3. The van der Waals surface area contributed by atoms with Gasteiger partial charge in [0.25, 0.3) is 5.91 Å². The van der Waals surface area contributed by atoms with Crippen LogP contribution in [0.3, 0.4) is 0 Å². The summed E-state index contributed by atoms with van der Waals surface area (Å²) in [7, 11) is 1.57. The van der Waals surface area contributed by atoms with Gasteiger partial charge in [-0.3, -0.25) is 4.79 Å². The predicted molar refractivity (Wildman–Crippen MR) is 44.8 cm³/mol. The summed E-state index contributed by atoms with van der Waals surface area (Å²) in [6, 6.07) is 9.88. The van der Waals surface area contributed by atoms with Crippen LogP contribution in [0.4, 0.5) is 0 Å². The third-order valence-corrected chi connectivity index (χ3v) is 1.33. The molecule has 0 fully saturated rings. The van der Waals surface area contributed by atoms with Crippen molar-refractivity contribution in [2.45, 2.75) is 0 Å². The van der Waals surface area contributed by atoms with Crippen molar-refractivity contribution in [2.24, 2.45) is 0 Å². The van der Waals surface area contributed by atoms with Gasteiger partial charge in [-0.25, -0.2) is 0 Å². The highest BCUT2D eigenvalue weighted by molar-refractivity contribution is 5.77. The maximum absolute atomic E-state index is 10.7. The Morgan fingerprint density at radius 1 is 1.75 bits per heavy atom. The Labute approximate surface area is 71.4 Å². The van der Waals surface area contributed by atoms with Gasteiger partial charge in [-0.15, -0.1) is 0 Å². The van der Waals surface area contributed by atoms with Gasteiger partial charge in [-0.2, -0.15) is 0 Å². The second kappa shape index (κ2) is 4.38. The summed E-state index contributed by atoms with van der Waals surface area (Å²) < 4.78 is 5.12. The molecule has 0 heterocycles. The molecule has 1 rings (SSSR count). The van der Waals surface area contributed by atoms with Crippen LogP contribution < -0.4 is 10.1 Å². The minimum absolute atomic E-state index is 0.0500. The fourth-order valence-electron chi connectivity index (χ4n) is 0.688. The monoisotopic (exact) mass is 164 g/mol. The number of nitrogens with one attached hydrogen (secondary N) is 1. The number of benzene rings is 1. The van der Waals surface area contributed by atoms with E-state index in [4.69, 9.17) is 4.74 Å². The molecule has 1 amide bonds. The third kappa shape index (κ3) is 2.62. The van der Waals surface area contributed by atoms with Crippen LogP contribution in [-0.2, 0) is 4.79 Å². The second-order valence-electron chi connectivity index (χ2n) is 2.20. The van der Waals surface area contributed by atoms with Crippen molar-refractivity contribution in [3.63, 3.8) is 0 Å². The lowest BCUT2D eigenvalue weighted by Crippen LogP contribution is -2.24. The average Bonchev–Trinajstić information content (AvgIpc) is 2.16. The minimum atomic E-state index is -0.140. The fraction of sp³-hybridized carbons (Fsp3) is 0.222. The Morgan fingerprint density at radius 3 is 3.17 bits per heavy atom. The van der Waals surface area contributed by atoms with Crippen molar-refractivity contribution >= 4 is 5.91 Å². The average molecular weight is 164 g/mol. The molecule has 0 saturated carbocycles. The molecule has 3 nitrogen and oxygen atoms in total. The third-order valence-electron chi connectivity index (χ3n) is 1.33. The summed E-state index contributed by atoms with van der Waals surface area (Å²) in [4.78, 5) is 10.7. The van der Waals surface area contributed by atoms with Crippen LogP contribution in [0.15, 0.2) is 24.3 Å². The molecular formula is C9H10NO2. The van der Waals surface area contributed by atoms with E-state index < -0.39 is 0 Å². The highest BCUT2D eigenvalue weighted by atomic mass is 16.5. The van der Waals surface area contributed by atoms with Gasteiger partial charge in [0, 0.05) is 7.05 Å². The van der Waals surface area contributed by atoms with E-state index in [0.717, 1.165) is 0 Å². The van der Waals surface area contributed by atoms with Crippen LogP contribution in [-0.4, -0.2) is 19.6 Å². The van der Waals surface area contributed by atoms with E-state index in [0.29, 0.717) is 5.75 Å². The van der Waals surface area contributed by atoms with Crippen LogP contribution in [0.2, 0.25) is 0 Å². The van der Waals surface area contributed by atoms with Gasteiger partial charge in [0.1, 0.15) is 5.75 Å². The Hall–Kier alpha value is -1.51. The van der Waals surface area contributed by atoms with Crippen molar-refractivity contribution in [3.05, 3.63) is 30.3 Å². The molecule has 63 valence electrons. The number of rotatable bonds is 3. The van der Waals surface area contributed by atoms with E-state index >= 15 is 0 Å². The normalized spacial score (nSPS) is 9.08. The molecule has 1 radical (unpaired) electrons. The summed E-state index contributed by atoms with van der Waals surface area (Å²) in [5.41, 5.74) is 0. The maximum atomic E-state index is 10.7. The highest BCUT2D eigenvalue weighted by Crippen LogP contribution is 2.06. The first-order chi connectivity index (χ1) is 5.83. The lowest BCUT2D eigenvalue weighted by Gasteiger charge is -2.03. The smallest absolute Gasteiger partial charge is 0.257 e. The summed E-state index contributed by atoms with van der Waals surface area (Å²) >= 11 is 0. The van der Waals surface area contributed by atoms with Gasteiger partial charge in [0.15, 0.2) is 6.61 Å². The van der Waals surface area contributed by atoms with Crippen molar-refractivity contribution in [2.75, 3.05) is 13.7 Å². The van der Waals surface area contributed by atoms with E-state index in [1.165, 1.54) is 0 Å². The van der Waals surface area contributed by atoms with Crippen LogP contribution in [0.5, 0.6) is 5.75 Å². The van der Waals surface area contributed by atoms with Crippen LogP contribution >= 0.6 is 0 Å². The number of carbonyl (C=O) groups is 1. The Morgan fingerprint density at radius 2 is 2.58 bits per heavy atom. The molecule has 1 aromatic rings. The molecular weight excluding hydrogens is 154 g/mol. The summed E-state index contributed by atoms with van der Waals surface area (Å²) in [5, 5.41) is 2.46. The Kier molecular flexibility index (Phi) is 3.14. The van der Waals surface area contributed by atoms with Gasteiger partial charge < -0.3 is 10.1 Å². The van der Waals surface area contributed by atoms with E-state index in [-0.39, 0.29) is 12.5 Å². The second-order valence-corrected chi connectivity index (χ2v) is 2.20. The zero-order chi connectivity index (χ0) is 8.81. The SMILES string of the molecule is CNC(=O)COc1c[c]ccc1. The number of likely N-dealkylation sites (N-methyl/N-ethyl adjacent to an activating group) is 1. The largest absolute Gasteiger partial charge is 0.484 e. The van der Waals surface area contributed by atoms with E-state index in [2.05, 4.69) is 11.4 Å². The van der Waals surface area contributed by atoms with Crippen LogP contribution in [0.1, 0.15) is 0 Å². The first-order valence-electron chi connectivity index (χ1n) is 3.62. The number of hydrogen-bond donors (Lipinski definition) is 1. The van der Waals surface area contributed by atoms with Crippen molar-refractivity contribution in [3.8, 4) is 5.75 Å². The van der Waals surface area contributed by atoms with Crippen molar-refractivity contribution < 1.29 is 9.53 Å². The summed E-state index contributed by atoms with van der Waals surface area (Å²) in [6.07, 6.45) is 0. The molecule has 0 saturated heterocycles. The fourth-order valence-corrected chi connectivity index (χ4v) is 0.688. The van der Waals surface area contributed by atoms with Gasteiger partial charge in [-0.05, 0) is 18.2 Å². The summed E-state index contributed by atoms with van der Waals surface area (Å²) in [5.74, 6) is 0.514. The topological polar surface area (TPSA) is 38.3 Å². The molecule has 0 aromatic heterocycles. The quantitative estimate of drug-likeness (QED) is 0.710. The van der Waals surface area contributed by atoms with Crippen molar-refractivity contribution in [1.82, 2.24) is 5.32 Å². The van der Waals surface area contributed by atoms with E-state index in [1.54, 1.807) is 31.3 Å². The Bertz CT molecular complexity index is 246. The molecule has 0 unspecified atom stereocenters. The molecule has 0 aliphatic rings. The van der Waals surface area contributed by atoms with Gasteiger partial charge in [0.05, 0.1) is 0 Å². The number of amides is 1. The molecule has 0 bridgehead atoms. The molecule has 0 spiro atoms. The molecule has 0 aliphatic heterocycles. The molecule has 12 heavy (non-hydrogen) atoms. The molecule has 0 aliphatic carbocycles. The predicted octanol–water partition coefficient (Wildman–Crippen LogP) is 0.612. The number of carbonyl (C=O) groups excluding carboxylic acids is 1. The molecule has 3 heteroatoms. The van der Waals surface area contributed by atoms with E-state index in [9.17, 15) is 4.79 Å². The first kappa shape index (κ1) is 8.59. The Balaban J connectivity index is 2.38. The van der Waals surface area contributed by atoms with Gasteiger partial charge in [-0.1, -0.05) is 12.1 Å². The zero-order valence-electron chi connectivity index (χ0n) is 6.83. The highest BCUT2D eigenvalue weighted by Gasteiger charge is 1.97. The van der Waals surface area contributed by atoms with E-state index in [1.807, 2.05) is 0 Å². The zero-order valence-corrected chi connectivity index (χ0v) is 6.83. The first-order valence-corrected chi connectivity index (χ1v) is 3.62. The standard InChI is InChI=1S/C9H10NO2/c1-10-9(11)7-12-8-5-3-2-4-6-8/h2-3,5-6H,7H2,1H3,(H,10,11). The molecule has 1 N–H and O–H groups in total.